The molecule has 0 fully saturated rings. The molecule has 0 aliphatic carbocycles. The SMILES string of the molecule is O=c1c2ccccc2n(-c2ccccc2)c2nc3cc4c(cc3n12)c1cc(-c2ccc3c(c2)c2ccccc2n3-c2nc(-c3ccccc3)nc(-c3ccccc3)n2)ccc1n4-c1ccccc1. The van der Waals surface area contributed by atoms with Crippen LogP contribution in [-0.4, -0.2) is 38.0 Å². The molecule has 0 saturated carbocycles. The Balaban J connectivity index is 0.991. The van der Waals surface area contributed by atoms with Crippen LogP contribution >= 0.6 is 0 Å². The maximum absolute atomic E-state index is 14.6. The highest BCUT2D eigenvalue weighted by Crippen LogP contribution is 2.40. The first-order valence-corrected chi connectivity index (χ1v) is 22.6. The zero-order chi connectivity index (χ0) is 44.9. The van der Waals surface area contributed by atoms with Crippen LogP contribution in [0, 0.1) is 0 Å². The molecule has 0 atom stereocenters. The van der Waals surface area contributed by atoms with Crippen LogP contribution in [0.2, 0.25) is 0 Å². The van der Waals surface area contributed by atoms with Crippen molar-refractivity contribution in [3.63, 3.8) is 0 Å². The smallest absolute Gasteiger partial charge is 0.267 e. The van der Waals surface area contributed by atoms with Gasteiger partial charge in [-0.25, -0.2) is 14.4 Å². The molecule has 0 aliphatic heterocycles. The number of fused-ring (bicyclic) bond motifs is 10. The number of para-hydroxylation sites is 4. The number of rotatable bonds is 6. The zero-order valence-electron chi connectivity index (χ0n) is 36.3. The van der Waals surface area contributed by atoms with Gasteiger partial charge in [0.05, 0.1) is 44.0 Å². The molecule has 68 heavy (non-hydrogen) atoms. The summed E-state index contributed by atoms with van der Waals surface area (Å²) < 4.78 is 8.32. The molecule has 0 unspecified atom stereocenters. The lowest BCUT2D eigenvalue weighted by molar-refractivity contribution is 0.953. The number of hydrogen-bond acceptors (Lipinski definition) is 5. The Hall–Kier alpha value is -9.47. The molecular weight excluding hydrogens is 837 g/mol. The number of hydrogen-bond donors (Lipinski definition) is 0. The molecule has 318 valence electrons. The van der Waals surface area contributed by atoms with Gasteiger partial charge in [-0.3, -0.25) is 13.9 Å². The van der Waals surface area contributed by atoms with Gasteiger partial charge in [0.25, 0.3) is 5.56 Å². The van der Waals surface area contributed by atoms with Crippen LogP contribution in [0.3, 0.4) is 0 Å². The second-order valence-corrected chi connectivity index (χ2v) is 17.1. The fourth-order valence-corrected chi connectivity index (χ4v) is 10.1. The quantitative estimate of drug-likeness (QED) is 0.166. The summed E-state index contributed by atoms with van der Waals surface area (Å²) in [6, 6.07) is 74.6. The van der Waals surface area contributed by atoms with E-state index in [0.29, 0.717) is 28.8 Å². The fraction of sp³-hybridized carbons (Fsp3) is 0. The average Bonchev–Trinajstić information content (AvgIpc) is 4.06. The second kappa shape index (κ2) is 14.8. The van der Waals surface area contributed by atoms with Crippen LogP contribution in [0.1, 0.15) is 0 Å². The molecule has 0 N–H and O–H groups in total. The predicted octanol–water partition coefficient (Wildman–Crippen LogP) is 13.2. The molecule has 9 heteroatoms. The van der Waals surface area contributed by atoms with E-state index < -0.39 is 0 Å². The third-order valence-corrected chi connectivity index (χ3v) is 13.2. The van der Waals surface area contributed by atoms with E-state index in [2.05, 4.69) is 123 Å². The van der Waals surface area contributed by atoms with Gasteiger partial charge >= 0.3 is 0 Å². The van der Waals surface area contributed by atoms with Crippen molar-refractivity contribution < 1.29 is 0 Å². The Bertz CT molecular complexity index is 4330. The van der Waals surface area contributed by atoms with E-state index in [0.717, 1.165) is 93.8 Å². The fourth-order valence-electron chi connectivity index (χ4n) is 10.1. The minimum atomic E-state index is -0.102. The molecule has 0 saturated heterocycles. The number of benzene rings is 9. The maximum Gasteiger partial charge on any atom is 0.267 e. The highest BCUT2D eigenvalue weighted by molar-refractivity contribution is 6.15. The molecular formula is C59H36N8O. The first kappa shape index (κ1) is 37.9. The van der Waals surface area contributed by atoms with Gasteiger partial charge in [-0.1, -0.05) is 140 Å². The topological polar surface area (TPSA) is 87.8 Å². The molecule has 0 bridgehead atoms. The Kier molecular flexibility index (Phi) is 8.23. The molecule has 0 amide bonds. The van der Waals surface area contributed by atoms with Crippen molar-refractivity contribution in [2.45, 2.75) is 0 Å². The van der Waals surface area contributed by atoms with Gasteiger partial charge in [-0.2, -0.15) is 9.97 Å². The first-order chi connectivity index (χ1) is 33.6. The summed E-state index contributed by atoms with van der Waals surface area (Å²) in [6.45, 7) is 0. The van der Waals surface area contributed by atoms with E-state index in [9.17, 15) is 4.79 Å². The van der Waals surface area contributed by atoms with E-state index in [4.69, 9.17) is 19.9 Å². The minimum absolute atomic E-state index is 0.102. The molecule has 14 aromatic rings. The molecule has 5 heterocycles. The Morgan fingerprint density at radius 3 is 1.40 bits per heavy atom. The van der Waals surface area contributed by atoms with Crippen molar-refractivity contribution in [2.75, 3.05) is 0 Å². The predicted molar refractivity (Wildman–Crippen MR) is 274 cm³/mol. The van der Waals surface area contributed by atoms with Gasteiger partial charge < -0.3 is 4.57 Å². The molecule has 0 radical (unpaired) electrons. The standard InChI is InChI=1S/C59H36N8O/c68-57-44-26-14-16-28-50(44)65(42-23-11-4-12-24-42)59-60-48-36-53-47(35-54(48)67(57)59)46-34-40(29-31-51(46)64(53)41-21-9-3-10-22-41)39-30-32-52-45(33-39)43-25-13-15-27-49(43)66(52)58-62-55(37-17-5-1-6-18-37)61-56(63-58)38-19-7-2-8-20-38/h1-36H. The summed E-state index contributed by atoms with van der Waals surface area (Å²) in [4.78, 5) is 35.0. The summed E-state index contributed by atoms with van der Waals surface area (Å²) in [5, 5.41) is 4.89. The highest BCUT2D eigenvalue weighted by Gasteiger charge is 2.22. The Morgan fingerprint density at radius 1 is 0.309 bits per heavy atom. The van der Waals surface area contributed by atoms with Gasteiger partial charge in [0, 0.05) is 44.0 Å². The van der Waals surface area contributed by atoms with Crippen LogP contribution in [0.15, 0.2) is 223 Å². The van der Waals surface area contributed by atoms with Crippen LogP contribution in [0.5, 0.6) is 0 Å². The van der Waals surface area contributed by atoms with E-state index >= 15 is 0 Å². The summed E-state index contributed by atoms with van der Waals surface area (Å²) in [5.74, 6) is 2.33. The van der Waals surface area contributed by atoms with Crippen LogP contribution in [-0.2, 0) is 0 Å². The van der Waals surface area contributed by atoms with Crippen LogP contribution in [0.4, 0.5) is 0 Å². The van der Waals surface area contributed by atoms with Gasteiger partial charge in [0.1, 0.15) is 0 Å². The largest absolute Gasteiger partial charge is 0.309 e. The average molecular weight is 873 g/mol. The minimum Gasteiger partial charge on any atom is -0.309 e. The zero-order valence-corrected chi connectivity index (χ0v) is 36.3. The summed E-state index contributed by atoms with van der Waals surface area (Å²) in [6.07, 6.45) is 0. The molecule has 9 nitrogen and oxygen atoms in total. The molecule has 5 aromatic heterocycles. The van der Waals surface area contributed by atoms with Crippen molar-refractivity contribution in [2.24, 2.45) is 0 Å². The third kappa shape index (κ3) is 5.72. The Morgan fingerprint density at radius 2 is 0.779 bits per heavy atom. The van der Waals surface area contributed by atoms with Crippen LogP contribution < -0.4 is 5.56 Å². The number of imidazole rings is 1. The summed E-state index contributed by atoms with van der Waals surface area (Å²) in [7, 11) is 0. The molecule has 0 spiro atoms. The highest BCUT2D eigenvalue weighted by atomic mass is 16.1. The normalized spacial score (nSPS) is 11.9. The summed E-state index contributed by atoms with van der Waals surface area (Å²) in [5.41, 5.74) is 12.2. The lowest BCUT2D eigenvalue weighted by Gasteiger charge is -2.12. The number of nitrogens with zero attached hydrogens (tertiary/aromatic N) is 8. The van der Waals surface area contributed by atoms with Gasteiger partial charge in [-0.15, -0.1) is 0 Å². The maximum atomic E-state index is 14.6. The van der Waals surface area contributed by atoms with E-state index in [1.165, 1.54) is 0 Å². The van der Waals surface area contributed by atoms with Gasteiger partial charge in [0.15, 0.2) is 11.6 Å². The molecule has 14 rings (SSSR count). The lowest BCUT2D eigenvalue weighted by atomic mass is 10.0. The van der Waals surface area contributed by atoms with E-state index in [-0.39, 0.29) is 5.56 Å². The second-order valence-electron chi connectivity index (χ2n) is 17.1. The monoisotopic (exact) mass is 872 g/mol. The van der Waals surface area contributed by atoms with Crippen molar-refractivity contribution in [3.8, 4) is 51.2 Å². The molecule has 0 aliphatic rings. The van der Waals surface area contributed by atoms with Crippen molar-refractivity contribution >= 4 is 71.3 Å². The number of aromatic nitrogens is 8. The van der Waals surface area contributed by atoms with Gasteiger partial charge in [-0.05, 0) is 90.0 Å². The third-order valence-electron chi connectivity index (χ3n) is 13.2. The summed E-state index contributed by atoms with van der Waals surface area (Å²) >= 11 is 0. The van der Waals surface area contributed by atoms with Gasteiger partial charge in [0.2, 0.25) is 11.7 Å². The molecule has 9 aromatic carbocycles. The van der Waals surface area contributed by atoms with E-state index in [1.807, 2.05) is 109 Å². The first-order valence-electron chi connectivity index (χ1n) is 22.6. The van der Waals surface area contributed by atoms with Crippen molar-refractivity contribution in [3.05, 3.63) is 229 Å². The van der Waals surface area contributed by atoms with Crippen molar-refractivity contribution in [1.82, 2.24) is 38.0 Å². The Labute approximate surface area is 387 Å². The lowest BCUT2D eigenvalue weighted by Crippen LogP contribution is -2.18. The van der Waals surface area contributed by atoms with Crippen LogP contribution in [0.25, 0.3) is 123 Å². The van der Waals surface area contributed by atoms with E-state index in [1.54, 1.807) is 4.40 Å². The van der Waals surface area contributed by atoms with Crippen molar-refractivity contribution in [1.29, 1.82) is 0 Å².